The summed E-state index contributed by atoms with van der Waals surface area (Å²) >= 11 is 0. The number of anilines is 1. The van der Waals surface area contributed by atoms with Crippen LogP contribution < -0.4 is 5.32 Å². The van der Waals surface area contributed by atoms with E-state index < -0.39 is 6.04 Å². The largest absolute Gasteiger partial charge is 0.359 e. The summed E-state index contributed by atoms with van der Waals surface area (Å²) in [5, 5.41) is 14.7. The van der Waals surface area contributed by atoms with Crippen molar-refractivity contribution in [2.75, 3.05) is 25.5 Å². The van der Waals surface area contributed by atoms with Crippen LogP contribution in [-0.2, 0) is 4.79 Å². The number of fused-ring (bicyclic) bond motifs is 1. The molecule has 0 bridgehead atoms. The molecule has 7 heteroatoms. The van der Waals surface area contributed by atoms with Crippen molar-refractivity contribution < 1.29 is 9.59 Å². The third-order valence-corrected chi connectivity index (χ3v) is 5.95. The SMILES string of the molecule is C=C(Nc1ccccc1)C1CC(C#N)N(C(=O)CN(C)C(=O)c2ccc3cnccc3c2)C1. The number of likely N-dealkylation sites (tertiary alicyclic amines) is 1. The maximum atomic E-state index is 13.0. The lowest BCUT2D eigenvalue weighted by Gasteiger charge is -2.24. The lowest BCUT2D eigenvalue weighted by Crippen LogP contribution is -2.43. The molecule has 2 heterocycles. The van der Waals surface area contributed by atoms with Gasteiger partial charge in [0.15, 0.2) is 0 Å². The first kappa shape index (κ1) is 22.0. The number of benzene rings is 2. The Hall–Kier alpha value is -4.18. The van der Waals surface area contributed by atoms with Crippen molar-refractivity contribution in [3.8, 4) is 6.07 Å². The van der Waals surface area contributed by atoms with Crippen LogP contribution in [0.25, 0.3) is 10.8 Å². The molecule has 0 spiro atoms. The highest BCUT2D eigenvalue weighted by Gasteiger charge is 2.37. The van der Waals surface area contributed by atoms with Crippen molar-refractivity contribution in [2.45, 2.75) is 12.5 Å². The maximum Gasteiger partial charge on any atom is 0.254 e. The molecule has 1 aliphatic heterocycles. The van der Waals surface area contributed by atoms with Crippen LogP contribution in [0.4, 0.5) is 5.69 Å². The van der Waals surface area contributed by atoms with Gasteiger partial charge in [-0.2, -0.15) is 5.26 Å². The van der Waals surface area contributed by atoms with Crippen molar-refractivity contribution >= 4 is 28.3 Å². The molecule has 3 aromatic rings. The Kier molecular flexibility index (Phi) is 6.36. The normalized spacial score (nSPS) is 17.4. The minimum Gasteiger partial charge on any atom is -0.359 e. The molecule has 0 saturated carbocycles. The summed E-state index contributed by atoms with van der Waals surface area (Å²) in [6.07, 6.45) is 3.93. The smallest absolute Gasteiger partial charge is 0.254 e. The lowest BCUT2D eigenvalue weighted by atomic mass is 10.0. The fourth-order valence-electron chi connectivity index (χ4n) is 4.10. The second-order valence-corrected chi connectivity index (χ2v) is 8.24. The first-order valence-electron chi connectivity index (χ1n) is 10.8. The number of amides is 2. The second-order valence-electron chi connectivity index (χ2n) is 8.24. The molecule has 166 valence electrons. The van der Waals surface area contributed by atoms with Crippen LogP contribution in [0.3, 0.4) is 0 Å². The summed E-state index contributed by atoms with van der Waals surface area (Å²) in [6, 6.07) is 18.6. The molecule has 2 amide bonds. The monoisotopic (exact) mass is 439 g/mol. The predicted molar refractivity (Wildman–Crippen MR) is 127 cm³/mol. The number of carbonyl (C=O) groups is 2. The van der Waals surface area contributed by atoms with Crippen molar-refractivity contribution in [1.29, 1.82) is 5.26 Å². The van der Waals surface area contributed by atoms with Gasteiger partial charge in [0.25, 0.3) is 5.91 Å². The van der Waals surface area contributed by atoms with Gasteiger partial charge in [-0.1, -0.05) is 30.8 Å². The van der Waals surface area contributed by atoms with Gasteiger partial charge in [-0.05, 0) is 42.1 Å². The molecule has 2 aromatic carbocycles. The van der Waals surface area contributed by atoms with Gasteiger partial charge in [0.1, 0.15) is 6.04 Å². The Balaban J connectivity index is 1.40. The average molecular weight is 440 g/mol. The van der Waals surface area contributed by atoms with Crippen LogP contribution in [0.15, 0.2) is 79.3 Å². The number of aromatic nitrogens is 1. The molecular formula is C26H25N5O2. The molecule has 33 heavy (non-hydrogen) atoms. The Morgan fingerprint density at radius 2 is 2.00 bits per heavy atom. The molecule has 2 atom stereocenters. The molecule has 1 N–H and O–H groups in total. The van der Waals surface area contributed by atoms with Crippen LogP contribution in [0.2, 0.25) is 0 Å². The van der Waals surface area contributed by atoms with E-state index in [-0.39, 0.29) is 24.3 Å². The Morgan fingerprint density at radius 1 is 1.21 bits per heavy atom. The fraction of sp³-hybridized carbons (Fsp3) is 0.231. The lowest BCUT2D eigenvalue weighted by molar-refractivity contribution is -0.131. The zero-order chi connectivity index (χ0) is 23.4. The van der Waals surface area contributed by atoms with E-state index in [9.17, 15) is 14.9 Å². The standard InChI is InChI=1S/C26H25N5O2/c1-18(29-23-6-4-3-5-7-23)22-13-24(14-27)31(16-22)25(32)17-30(2)26(33)20-8-9-21-15-28-11-10-19(21)12-20/h3-12,15,22,24,29H,1,13,16-17H2,2H3. The van der Waals surface area contributed by atoms with E-state index in [1.165, 1.54) is 4.90 Å². The Morgan fingerprint density at radius 3 is 2.76 bits per heavy atom. The minimum absolute atomic E-state index is 0.0473. The topological polar surface area (TPSA) is 89.3 Å². The van der Waals surface area contributed by atoms with Crippen LogP contribution in [0, 0.1) is 17.2 Å². The average Bonchev–Trinajstić information content (AvgIpc) is 3.29. The van der Waals surface area contributed by atoms with Crippen LogP contribution >= 0.6 is 0 Å². The van der Waals surface area contributed by atoms with Crippen molar-refractivity contribution in [1.82, 2.24) is 14.8 Å². The number of nitrogens with one attached hydrogen (secondary N) is 1. The van der Waals surface area contributed by atoms with Gasteiger partial charge >= 0.3 is 0 Å². The summed E-state index contributed by atoms with van der Waals surface area (Å²) in [6.45, 7) is 4.41. The van der Waals surface area contributed by atoms with E-state index in [4.69, 9.17) is 0 Å². The van der Waals surface area contributed by atoms with E-state index >= 15 is 0 Å². The van der Waals surface area contributed by atoms with Crippen LogP contribution in [0.5, 0.6) is 0 Å². The number of hydrogen-bond acceptors (Lipinski definition) is 5. The highest BCUT2D eigenvalue weighted by Crippen LogP contribution is 2.29. The molecule has 1 aromatic heterocycles. The summed E-state index contributed by atoms with van der Waals surface area (Å²) in [4.78, 5) is 33.0. The predicted octanol–water partition coefficient (Wildman–Crippen LogP) is 3.67. The molecule has 7 nitrogen and oxygen atoms in total. The van der Waals surface area contributed by atoms with Gasteiger partial charge in [0.05, 0.1) is 12.6 Å². The summed E-state index contributed by atoms with van der Waals surface area (Å²) in [5.74, 6) is -0.548. The summed E-state index contributed by atoms with van der Waals surface area (Å²) in [7, 11) is 1.60. The van der Waals surface area contributed by atoms with Crippen LogP contribution in [-0.4, -0.2) is 52.8 Å². The van der Waals surface area contributed by atoms with Crippen molar-refractivity contribution in [3.05, 3.63) is 84.8 Å². The number of pyridine rings is 1. The molecule has 1 saturated heterocycles. The number of para-hydroxylation sites is 1. The van der Waals surface area contributed by atoms with Crippen molar-refractivity contribution in [2.24, 2.45) is 5.92 Å². The fourth-order valence-corrected chi connectivity index (χ4v) is 4.10. The number of likely N-dealkylation sites (N-methyl/N-ethyl adjacent to an activating group) is 1. The Labute approximate surface area is 192 Å². The number of nitriles is 1. The molecule has 4 rings (SSSR count). The van der Waals surface area contributed by atoms with Gasteiger partial charge in [-0.15, -0.1) is 0 Å². The molecule has 0 radical (unpaired) electrons. The number of nitrogens with zero attached hydrogens (tertiary/aromatic N) is 4. The van der Waals surface area contributed by atoms with E-state index in [1.807, 2.05) is 42.5 Å². The third-order valence-electron chi connectivity index (χ3n) is 5.95. The van der Waals surface area contributed by atoms with Crippen LogP contribution in [0.1, 0.15) is 16.8 Å². The van der Waals surface area contributed by atoms with Gasteiger partial charge < -0.3 is 15.1 Å². The zero-order valence-corrected chi connectivity index (χ0v) is 18.4. The van der Waals surface area contributed by atoms with Crippen molar-refractivity contribution in [3.63, 3.8) is 0 Å². The number of carbonyl (C=O) groups excluding carboxylic acids is 2. The summed E-state index contributed by atoms with van der Waals surface area (Å²) in [5.41, 5.74) is 2.18. The van der Waals surface area contributed by atoms with Gasteiger partial charge in [-0.3, -0.25) is 14.6 Å². The number of hydrogen-bond donors (Lipinski definition) is 1. The number of rotatable bonds is 6. The zero-order valence-electron chi connectivity index (χ0n) is 18.4. The molecule has 0 aliphatic carbocycles. The van der Waals surface area contributed by atoms with E-state index in [0.29, 0.717) is 18.5 Å². The molecule has 2 unspecified atom stereocenters. The van der Waals surface area contributed by atoms with Gasteiger partial charge in [-0.25, -0.2) is 0 Å². The molecule has 1 fully saturated rings. The second kappa shape index (κ2) is 9.53. The van der Waals surface area contributed by atoms with Gasteiger partial charge in [0, 0.05) is 54.2 Å². The van der Waals surface area contributed by atoms with E-state index in [0.717, 1.165) is 22.2 Å². The maximum absolute atomic E-state index is 13.0. The minimum atomic E-state index is -0.548. The highest BCUT2D eigenvalue weighted by molar-refractivity contribution is 5.99. The third kappa shape index (κ3) is 4.85. The summed E-state index contributed by atoms with van der Waals surface area (Å²) < 4.78 is 0. The van der Waals surface area contributed by atoms with E-state index in [1.54, 1.807) is 36.5 Å². The van der Waals surface area contributed by atoms with Gasteiger partial charge in [0.2, 0.25) is 5.91 Å². The quantitative estimate of drug-likeness (QED) is 0.633. The van der Waals surface area contributed by atoms with E-state index in [2.05, 4.69) is 22.9 Å². The molecular weight excluding hydrogens is 414 g/mol. The first-order valence-corrected chi connectivity index (χ1v) is 10.8. The Bertz CT molecular complexity index is 1230. The highest BCUT2D eigenvalue weighted by atomic mass is 16.2. The molecule has 1 aliphatic rings. The first-order chi connectivity index (χ1) is 16.0.